The van der Waals surface area contributed by atoms with Crippen LogP contribution in [0.4, 0.5) is 0 Å². The Kier molecular flexibility index (Phi) is 4.94. The summed E-state index contributed by atoms with van der Waals surface area (Å²) in [5.41, 5.74) is 4.88. The molecule has 0 radical (unpaired) electrons. The fourth-order valence-electron chi connectivity index (χ4n) is 3.51. The molecule has 0 unspecified atom stereocenters. The summed E-state index contributed by atoms with van der Waals surface area (Å²) in [4.78, 5) is 21.4. The topological polar surface area (TPSA) is 80.9 Å². The molecule has 0 fully saturated rings. The fourth-order valence-corrected chi connectivity index (χ4v) is 3.51. The van der Waals surface area contributed by atoms with Crippen LogP contribution in [0, 0.1) is 0 Å². The Bertz CT molecular complexity index is 1350. The Morgan fingerprint density at radius 3 is 2.55 bits per heavy atom. The Morgan fingerprint density at radius 2 is 1.71 bits per heavy atom. The second-order valence-corrected chi connectivity index (χ2v) is 7.04. The van der Waals surface area contributed by atoms with Gasteiger partial charge in [0, 0.05) is 41.8 Å². The van der Waals surface area contributed by atoms with Gasteiger partial charge in [-0.05, 0) is 42.0 Å². The average molecular weight is 406 g/mol. The minimum Gasteiger partial charge on any atom is -0.355 e. The van der Waals surface area contributed by atoms with Gasteiger partial charge < -0.3 is 9.84 Å². The average Bonchev–Trinajstić information content (AvgIpc) is 3.27. The monoisotopic (exact) mass is 406 g/mol. The lowest BCUT2D eigenvalue weighted by atomic mass is 10.1. The van der Waals surface area contributed by atoms with Crippen molar-refractivity contribution in [3.8, 4) is 22.6 Å². The number of hydrogen-bond donors (Lipinski definition) is 1. The number of carbonyl (C=O) groups excluding carboxylic acids is 1. The molecule has 5 aromatic rings. The van der Waals surface area contributed by atoms with Crippen molar-refractivity contribution < 1.29 is 9.32 Å². The third-order valence-electron chi connectivity index (χ3n) is 5.06. The molecule has 0 bridgehead atoms. The van der Waals surface area contributed by atoms with Crippen molar-refractivity contribution in [2.24, 2.45) is 0 Å². The Balaban J connectivity index is 1.40. The van der Waals surface area contributed by atoms with Crippen molar-refractivity contribution in [3.05, 3.63) is 103 Å². The van der Waals surface area contributed by atoms with Crippen LogP contribution in [0.25, 0.3) is 33.5 Å². The number of pyridine rings is 2. The van der Waals surface area contributed by atoms with E-state index in [0.717, 1.165) is 27.8 Å². The predicted octanol–water partition coefficient (Wildman–Crippen LogP) is 4.88. The minimum atomic E-state index is -0.174. The van der Waals surface area contributed by atoms with Crippen molar-refractivity contribution in [1.29, 1.82) is 0 Å². The zero-order valence-electron chi connectivity index (χ0n) is 16.5. The van der Waals surface area contributed by atoms with Gasteiger partial charge >= 0.3 is 0 Å². The van der Waals surface area contributed by atoms with Gasteiger partial charge in [0.1, 0.15) is 5.52 Å². The Morgan fingerprint density at radius 1 is 0.871 bits per heavy atom. The molecule has 0 aliphatic carbocycles. The van der Waals surface area contributed by atoms with E-state index >= 15 is 0 Å². The summed E-state index contributed by atoms with van der Waals surface area (Å²) < 4.78 is 5.53. The quantitative estimate of drug-likeness (QED) is 0.450. The molecule has 1 N–H and O–H groups in total. The van der Waals surface area contributed by atoms with Gasteiger partial charge in [0.25, 0.3) is 5.91 Å². The van der Waals surface area contributed by atoms with Gasteiger partial charge in [0.15, 0.2) is 5.76 Å². The number of aromatic nitrogens is 3. The lowest BCUT2D eigenvalue weighted by Crippen LogP contribution is -2.23. The van der Waals surface area contributed by atoms with Crippen LogP contribution in [0.1, 0.15) is 15.9 Å². The molecule has 0 spiro atoms. The van der Waals surface area contributed by atoms with E-state index in [4.69, 9.17) is 4.52 Å². The summed E-state index contributed by atoms with van der Waals surface area (Å²) in [7, 11) is 0. The number of fused-ring (bicyclic) bond motifs is 1. The third-order valence-corrected chi connectivity index (χ3v) is 5.06. The van der Waals surface area contributed by atoms with Crippen molar-refractivity contribution in [3.63, 3.8) is 0 Å². The van der Waals surface area contributed by atoms with E-state index in [1.807, 2.05) is 60.7 Å². The molecule has 2 aromatic carbocycles. The SMILES string of the molecule is O=C(NCc1cccnc1-c1ccncc1)c1ccc2noc(-c3ccccc3)c2c1. The molecule has 150 valence electrons. The molecule has 6 nitrogen and oxygen atoms in total. The molecular weight excluding hydrogens is 388 g/mol. The molecule has 3 heterocycles. The zero-order chi connectivity index (χ0) is 21.0. The van der Waals surface area contributed by atoms with E-state index in [9.17, 15) is 4.79 Å². The smallest absolute Gasteiger partial charge is 0.251 e. The molecule has 31 heavy (non-hydrogen) atoms. The summed E-state index contributed by atoms with van der Waals surface area (Å²) in [5, 5.41) is 7.91. The van der Waals surface area contributed by atoms with Crippen LogP contribution in [0.15, 0.2) is 95.9 Å². The number of carbonyl (C=O) groups is 1. The molecule has 1 amide bonds. The van der Waals surface area contributed by atoms with Crippen molar-refractivity contribution >= 4 is 16.8 Å². The van der Waals surface area contributed by atoms with Gasteiger partial charge in [-0.2, -0.15) is 0 Å². The van der Waals surface area contributed by atoms with Gasteiger partial charge in [-0.25, -0.2) is 0 Å². The van der Waals surface area contributed by atoms with E-state index in [2.05, 4.69) is 20.4 Å². The van der Waals surface area contributed by atoms with Gasteiger partial charge in [-0.3, -0.25) is 14.8 Å². The number of rotatable bonds is 5. The summed E-state index contributed by atoms with van der Waals surface area (Å²) in [6.07, 6.45) is 5.20. The summed E-state index contributed by atoms with van der Waals surface area (Å²) >= 11 is 0. The van der Waals surface area contributed by atoms with Crippen LogP contribution < -0.4 is 5.32 Å². The minimum absolute atomic E-state index is 0.174. The molecule has 6 heteroatoms. The number of nitrogens with one attached hydrogen (secondary N) is 1. The van der Waals surface area contributed by atoms with Crippen LogP contribution in [0.5, 0.6) is 0 Å². The number of benzene rings is 2. The van der Waals surface area contributed by atoms with E-state index in [1.54, 1.807) is 30.7 Å². The first kappa shape index (κ1) is 18.7. The van der Waals surface area contributed by atoms with Crippen molar-refractivity contribution in [1.82, 2.24) is 20.4 Å². The lowest BCUT2D eigenvalue weighted by molar-refractivity contribution is 0.0951. The molecule has 0 saturated heterocycles. The molecule has 0 saturated carbocycles. The summed E-state index contributed by atoms with van der Waals surface area (Å²) in [6.45, 7) is 0.359. The van der Waals surface area contributed by atoms with Crippen LogP contribution >= 0.6 is 0 Å². The number of nitrogens with zero attached hydrogens (tertiary/aromatic N) is 3. The predicted molar refractivity (Wildman–Crippen MR) is 118 cm³/mol. The van der Waals surface area contributed by atoms with E-state index in [1.165, 1.54) is 0 Å². The Hall–Kier alpha value is -4.32. The van der Waals surface area contributed by atoms with E-state index in [0.29, 0.717) is 23.4 Å². The summed E-state index contributed by atoms with van der Waals surface area (Å²) in [6, 6.07) is 22.7. The first-order chi connectivity index (χ1) is 15.3. The lowest BCUT2D eigenvalue weighted by Gasteiger charge is -2.10. The normalized spacial score (nSPS) is 10.8. The standard InChI is InChI=1S/C25H18N4O2/c30-25(28-16-20-7-4-12-27-23(20)17-10-13-26-14-11-17)19-8-9-22-21(15-19)24(31-29-22)18-5-2-1-3-6-18/h1-15H,16H2,(H,28,30). The van der Waals surface area contributed by atoms with E-state index in [-0.39, 0.29) is 5.91 Å². The fraction of sp³-hybridized carbons (Fsp3) is 0.0400. The molecule has 0 aliphatic rings. The van der Waals surface area contributed by atoms with Crippen LogP contribution in [0.3, 0.4) is 0 Å². The first-order valence-electron chi connectivity index (χ1n) is 9.87. The van der Waals surface area contributed by atoms with Crippen molar-refractivity contribution in [2.45, 2.75) is 6.54 Å². The molecule has 5 rings (SSSR count). The van der Waals surface area contributed by atoms with Crippen LogP contribution in [-0.4, -0.2) is 21.0 Å². The highest BCUT2D eigenvalue weighted by Gasteiger charge is 2.14. The van der Waals surface area contributed by atoms with Gasteiger partial charge in [0.05, 0.1) is 11.1 Å². The number of hydrogen-bond acceptors (Lipinski definition) is 5. The zero-order valence-corrected chi connectivity index (χ0v) is 16.5. The maximum Gasteiger partial charge on any atom is 0.251 e. The van der Waals surface area contributed by atoms with Crippen molar-refractivity contribution in [2.75, 3.05) is 0 Å². The highest BCUT2D eigenvalue weighted by atomic mass is 16.5. The van der Waals surface area contributed by atoms with Crippen LogP contribution in [-0.2, 0) is 6.54 Å². The third kappa shape index (κ3) is 3.79. The second kappa shape index (κ2) is 8.20. The second-order valence-electron chi connectivity index (χ2n) is 7.04. The van der Waals surface area contributed by atoms with E-state index < -0.39 is 0 Å². The Labute approximate surface area is 178 Å². The van der Waals surface area contributed by atoms with Crippen LogP contribution in [0.2, 0.25) is 0 Å². The highest BCUT2D eigenvalue weighted by molar-refractivity contribution is 6.01. The van der Waals surface area contributed by atoms with Gasteiger partial charge in [-0.15, -0.1) is 0 Å². The molecular formula is C25H18N4O2. The largest absolute Gasteiger partial charge is 0.355 e. The van der Waals surface area contributed by atoms with Gasteiger partial charge in [-0.1, -0.05) is 41.6 Å². The molecule has 3 aromatic heterocycles. The van der Waals surface area contributed by atoms with Gasteiger partial charge in [0.2, 0.25) is 0 Å². The highest BCUT2D eigenvalue weighted by Crippen LogP contribution is 2.29. The summed E-state index contributed by atoms with van der Waals surface area (Å²) in [5.74, 6) is 0.476. The molecule has 0 atom stereocenters. The first-order valence-corrected chi connectivity index (χ1v) is 9.87. The molecule has 0 aliphatic heterocycles. The number of amides is 1. The maximum absolute atomic E-state index is 12.9. The maximum atomic E-state index is 12.9.